The first kappa shape index (κ1) is 20.5. The third-order valence-electron chi connectivity index (χ3n) is 5.65. The van der Waals surface area contributed by atoms with Crippen LogP contribution in [0.25, 0.3) is 16.7 Å². The van der Waals surface area contributed by atoms with E-state index in [9.17, 15) is 10.1 Å². The van der Waals surface area contributed by atoms with Crippen molar-refractivity contribution in [3.8, 4) is 6.07 Å². The summed E-state index contributed by atoms with van der Waals surface area (Å²) in [4.78, 5) is 17.4. The Morgan fingerprint density at radius 3 is 2.97 bits per heavy atom. The zero-order valence-corrected chi connectivity index (χ0v) is 18.3. The number of hydrogen-bond acceptors (Lipinski definition) is 4. The standard InChI is InChI=1S/C24H26N4OS/c1-16-14-22(28-21-11-7-6-10-20(21)27-23(28)19(16)15-25)30-17(2)24(29)26-13-12-18-8-4-3-5-9-18/h6-8,10-11,14,17H,3-5,9,12-13H2,1-2H3,(H,26,29)/t17-/m0/s1. The van der Waals surface area contributed by atoms with Gasteiger partial charge in [0, 0.05) is 6.54 Å². The van der Waals surface area contributed by atoms with Crippen molar-refractivity contribution in [2.45, 2.75) is 56.2 Å². The van der Waals surface area contributed by atoms with Gasteiger partial charge in [0.25, 0.3) is 0 Å². The molecule has 154 valence electrons. The van der Waals surface area contributed by atoms with Gasteiger partial charge in [-0.2, -0.15) is 5.26 Å². The van der Waals surface area contributed by atoms with Gasteiger partial charge in [-0.3, -0.25) is 9.20 Å². The fraction of sp³-hybridized carbons (Fsp3) is 0.375. The molecule has 0 saturated heterocycles. The Hall–Kier alpha value is -2.78. The Morgan fingerprint density at radius 2 is 2.20 bits per heavy atom. The molecule has 1 aliphatic carbocycles. The second-order valence-electron chi connectivity index (χ2n) is 7.82. The van der Waals surface area contributed by atoms with Crippen molar-refractivity contribution >= 4 is 34.3 Å². The zero-order valence-electron chi connectivity index (χ0n) is 17.4. The molecule has 4 rings (SSSR count). The van der Waals surface area contributed by atoms with E-state index in [4.69, 9.17) is 0 Å². The lowest BCUT2D eigenvalue weighted by Crippen LogP contribution is -2.32. The molecule has 1 aliphatic rings. The number of carbonyl (C=O) groups excluding carboxylic acids is 1. The van der Waals surface area contributed by atoms with Gasteiger partial charge in [0.05, 0.1) is 26.9 Å². The molecule has 30 heavy (non-hydrogen) atoms. The van der Waals surface area contributed by atoms with Crippen LogP contribution in [0.4, 0.5) is 0 Å². The predicted molar refractivity (Wildman–Crippen MR) is 122 cm³/mol. The molecule has 0 saturated carbocycles. The molecule has 3 aromatic rings. The van der Waals surface area contributed by atoms with Crippen LogP contribution in [-0.4, -0.2) is 27.1 Å². The van der Waals surface area contributed by atoms with Crippen LogP contribution in [0.5, 0.6) is 0 Å². The number of amides is 1. The number of carbonyl (C=O) groups is 1. The lowest BCUT2D eigenvalue weighted by molar-refractivity contribution is -0.120. The first-order valence-electron chi connectivity index (χ1n) is 10.5. The minimum absolute atomic E-state index is 0.0380. The Bertz CT molecular complexity index is 1170. The number of para-hydroxylation sites is 2. The highest BCUT2D eigenvalue weighted by Gasteiger charge is 2.20. The van der Waals surface area contributed by atoms with Gasteiger partial charge in [-0.1, -0.05) is 35.5 Å². The predicted octanol–water partition coefficient (Wildman–Crippen LogP) is 5.15. The normalized spacial score (nSPS) is 15.0. The third-order valence-corrected chi connectivity index (χ3v) is 6.76. The summed E-state index contributed by atoms with van der Waals surface area (Å²) in [5.74, 6) is 0.0380. The molecule has 6 heteroatoms. The van der Waals surface area contributed by atoms with E-state index in [1.807, 2.05) is 48.6 Å². The number of rotatable bonds is 6. The fourth-order valence-electron chi connectivity index (χ4n) is 4.00. The molecule has 0 unspecified atom stereocenters. The topological polar surface area (TPSA) is 70.2 Å². The second-order valence-corrected chi connectivity index (χ2v) is 9.18. The Morgan fingerprint density at radius 1 is 1.37 bits per heavy atom. The maximum absolute atomic E-state index is 12.7. The highest BCUT2D eigenvalue weighted by molar-refractivity contribution is 8.00. The van der Waals surface area contributed by atoms with Crippen LogP contribution in [0, 0.1) is 18.3 Å². The fourth-order valence-corrected chi connectivity index (χ4v) is 5.08. The van der Waals surface area contributed by atoms with E-state index >= 15 is 0 Å². The van der Waals surface area contributed by atoms with Crippen molar-refractivity contribution in [1.29, 1.82) is 5.26 Å². The molecule has 1 aromatic carbocycles. The quantitative estimate of drug-likeness (QED) is 0.444. The van der Waals surface area contributed by atoms with Crippen molar-refractivity contribution in [1.82, 2.24) is 14.7 Å². The monoisotopic (exact) mass is 418 g/mol. The summed E-state index contributed by atoms with van der Waals surface area (Å²) in [7, 11) is 0. The number of hydrogen-bond donors (Lipinski definition) is 1. The summed E-state index contributed by atoms with van der Waals surface area (Å²) in [5.41, 5.74) is 5.37. The van der Waals surface area contributed by atoms with Crippen LogP contribution >= 0.6 is 11.8 Å². The number of nitriles is 1. The number of thioether (sulfide) groups is 1. The highest BCUT2D eigenvalue weighted by atomic mass is 32.2. The molecule has 0 bridgehead atoms. The molecular weight excluding hydrogens is 392 g/mol. The summed E-state index contributed by atoms with van der Waals surface area (Å²) in [6.07, 6.45) is 8.15. The van der Waals surface area contributed by atoms with Crippen LogP contribution in [0.2, 0.25) is 0 Å². The minimum atomic E-state index is -0.248. The molecule has 0 fully saturated rings. The molecule has 0 aliphatic heterocycles. The van der Waals surface area contributed by atoms with E-state index in [2.05, 4.69) is 22.4 Å². The maximum Gasteiger partial charge on any atom is 0.233 e. The molecule has 1 N–H and O–H groups in total. The third kappa shape index (κ3) is 4.08. The van der Waals surface area contributed by atoms with Crippen LogP contribution in [0.15, 0.2) is 47.0 Å². The largest absolute Gasteiger partial charge is 0.355 e. The molecular formula is C24H26N4OS. The summed E-state index contributed by atoms with van der Waals surface area (Å²) >= 11 is 1.51. The van der Waals surface area contributed by atoms with Crippen molar-refractivity contribution in [3.05, 3.63) is 53.1 Å². The zero-order chi connectivity index (χ0) is 21.1. The van der Waals surface area contributed by atoms with Crippen LogP contribution in [0.1, 0.15) is 50.2 Å². The molecule has 1 atom stereocenters. The Labute approximate surface area is 181 Å². The highest BCUT2D eigenvalue weighted by Crippen LogP contribution is 2.31. The molecule has 5 nitrogen and oxygen atoms in total. The number of benzene rings is 1. The van der Waals surface area contributed by atoms with Gasteiger partial charge in [-0.05, 0) is 69.7 Å². The summed E-state index contributed by atoms with van der Waals surface area (Å²) < 4.78 is 2.00. The molecule has 2 aromatic heterocycles. The lowest BCUT2D eigenvalue weighted by Gasteiger charge is -2.16. The van der Waals surface area contributed by atoms with Gasteiger partial charge >= 0.3 is 0 Å². The van der Waals surface area contributed by atoms with Crippen molar-refractivity contribution < 1.29 is 4.79 Å². The minimum Gasteiger partial charge on any atom is -0.355 e. The van der Waals surface area contributed by atoms with Gasteiger partial charge in [-0.15, -0.1) is 0 Å². The van der Waals surface area contributed by atoms with E-state index in [0.29, 0.717) is 17.8 Å². The summed E-state index contributed by atoms with van der Waals surface area (Å²) in [6.45, 7) is 4.54. The number of nitrogens with zero attached hydrogens (tertiary/aromatic N) is 3. The molecule has 0 spiro atoms. The lowest BCUT2D eigenvalue weighted by atomic mass is 9.97. The van der Waals surface area contributed by atoms with E-state index in [0.717, 1.165) is 34.5 Å². The average molecular weight is 419 g/mol. The van der Waals surface area contributed by atoms with E-state index in [1.165, 1.54) is 36.6 Å². The first-order chi connectivity index (χ1) is 14.6. The van der Waals surface area contributed by atoms with Crippen LogP contribution in [-0.2, 0) is 4.79 Å². The summed E-state index contributed by atoms with van der Waals surface area (Å²) in [5, 5.41) is 13.4. The SMILES string of the molecule is Cc1cc(S[C@@H](C)C(=O)NCCC2=CCCCC2)n2c(nc3ccccc32)c1C#N. The molecule has 0 radical (unpaired) electrons. The first-order valence-corrected chi connectivity index (χ1v) is 11.4. The van der Waals surface area contributed by atoms with E-state index in [-0.39, 0.29) is 11.2 Å². The second kappa shape index (κ2) is 8.93. The van der Waals surface area contributed by atoms with Crippen LogP contribution in [0.3, 0.4) is 0 Å². The Kier molecular flexibility index (Phi) is 6.10. The van der Waals surface area contributed by atoms with Gasteiger partial charge in [0.15, 0.2) is 5.65 Å². The summed E-state index contributed by atoms with van der Waals surface area (Å²) in [6, 6.07) is 12.1. The van der Waals surface area contributed by atoms with Gasteiger partial charge in [0.1, 0.15) is 6.07 Å². The number of nitrogens with one attached hydrogen (secondary N) is 1. The molecule has 1 amide bonds. The maximum atomic E-state index is 12.7. The van der Waals surface area contributed by atoms with Gasteiger partial charge in [0.2, 0.25) is 5.91 Å². The van der Waals surface area contributed by atoms with Crippen LogP contribution < -0.4 is 5.32 Å². The number of imidazole rings is 1. The number of fused-ring (bicyclic) bond motifs is 3. The van der Waals surface area contributed by atoms with E-state index in [1.54, 1.807) is 0 Å². The van der Waals surface area contributed by atoms with Crippen molar-refractivity contribution in [3.63, 3.8) is 0 Å². The van der Waals surface area contributed by atoms with Crippen molar-refractivity contribution in [2.24, 2.45) is 0 Å². The van der Waals surface area contributed by atoms with E-state index < -0.39 is 0 Å². The van der Waals surface area contributed by atoms with Gasteiger partial charge in [-0.25, -0.2) is 4.98 Å². The number of aromatic nitrogens is 2. The smallest absolute Gasteiger partial charge is 0.233 e. The average Bonchev–Trinajstić information content (AvgIpc) is 3.14. The number of allylic oxidation sites excluding steroid dienone is 1. The number of aryl methyl sites for hydroxylation is 1. The van der Waals surface area contributed by atoms with Crippen molar-refractivity contribution in [2.75, 3.05) is 6.54 Å². The number of pyridine rings is 1. The van der Waals surface area contributed by atoms with Gasteiger partial charge < -0.3 is 5.32 Å². The Balaban J connectivity index is 1.55. The molecule has 2 heterocycles.